The first-order valence-electron chi connectivity index (χ1n) is 6.46. The maximum absolute atomic E-state index is 5.89. The van der Waals surface area contributed by atoms with Gasteiger partial charge in [0.1, 0.15) is 17.8 Å². The Morgan fingerprint density at radius 3 is 3.17 bits per heavy atom. The zero-order valence-electron chi connectivity index (χ0n) is 10.8. The summed E-state index contributed by atoms with van der Waals surface area (Å²) in [6, 6.07) is 2.03. The SMILES string of the molecule is CCC1CN(c2ncnc3[nH]ccc23)CC(C)O1. The highest BCUT2D eigenvalue weighted by molar-refractivity contribution is 5.87. The van der Waals surface area contributed by atoms with Crippen molar-refractivity contribution in [2.24, 2.45) is 0 Å². The van der Waals surface area contributed by atoms with Gasteiger partial charge in [0, 0.05) is 19.3 Å². The molecule has 18 heavy (non-hydrogen) atoms. The number of hydrogen-bond donors (Lipinski definition) is 1. The molecule has 5 heteroatoms. The fraction of sp³-hybridized carbons (Fsp3) is 0.538. The van der Waals surface area contributed by atoms with E-state index in [1.165, 1.54) is 0 Å². The first kappa shape index (κ1) is 11.5. The topological polar surface area (TPSA) is 54.0 Å². The molecule has 5 nitrogen and oxygen atoms in total. The number of fused-ring (bicyclic) bond motifs is 1. The fourth-order valence-corrected chi connectivity index (χ4v) is 2.55. The second-order valence-corrected chi connectivity index (χ2v) is 4.82. The van der Waals surface area contributed by atoms with Gasteiger partial charge in [0.05, 0.1) is 17.6 Å². The van der Waals surface area contributed by atoms with E-state index in [-0.39, 0.29) is 12.2 Å². The number of morpholine rings is 1. The average molecular weight is 246 g/mol. The highest BCUT2D eigenvalue weighted by atomic mass is 16.5. The van der Waals surface area contributed by atoms with Gasteiger partial charge < -0.3 is 14.6 Å². The molecule has 0 radical (unpaired) electrons. The molecule has 1 N–H and O–H groups in total. The van der Waals surface area contributed by atoms with Gasteiger partial charge in [-0.25, -0.2) is 9.97 Å². The van der Waals surface area contributed by atoms with E-state index in [9.17, 15) is 0 Å². The third kappa shape index (κ3) is 1.95. The van der Waals surface area contributed by atoms with Gasteiger partial charge in [-0.3, -0.25) is 0 Å². The zero-order valence-corrected chi connectivity index (χ0v) is 10.8. The van der Waals surface area contributed by atoms with Gasteiger partial charge in [0.15, 0.2) is 0 Å². The van der Waals surface area contributed by atoms with Gasteiger partial charge in [0.2, 0.25) is 0 Å². The van der Waals surface area contributed by atoms with Gasteiger partial charge in [-0.15, -0.1) is 0 Å². The molecule has 2 unspecified atom stereocenters. The lowest BCUT2D eigenvalue weighted by Crippen LogP contribution is -2.46. The number of ether oxygens (including phenoxy) is 1. The molecule has 2 aromatic rings. The maximum atomic E-state index is 5.89. The standard InChI is InChI=1S/C13H18N4O/c1-3-10-7-17(6-9(2)18-10)13-11-4-5-14-12(11)15-8-16-13/h4-5,8-10H,3,6-7H2,1-2H3,(H,14,15,16). The summed E-state index contributed by atoms with van der Waals surface area (Å²) in [5.74, 6) is 1.01. The number of anilines is 1. The van der Waals surface area contributed by atoms with Crippen LogP contribution in [0.5, 0.6) is 0 Å². The lowest BCUT2D eigenvalue weighted by Gasteiger charge is -2.37. The van der Waals surface area contributed by atoms with Crippen LogP contribution in [0, 0.1) is 0 Å². The monoisotopic (exact) mass is 246 g/mol. The minimum atomic E-state index is 0.243. The van der Waals surface area contributed by atoms with Crippen LogP contribution in [0.2, 0.25) is 0 Å². The van der Waals surface area contributed by atoms with Crippen molar-refractivity contribution in [3.05, 3.63) is 18.6 Å². The summed E-state index contributed by atoms with van der Waals surface area (Å²) in [7, 11) is 0. The Kier molecular flexibility index (Phi) is 2.91. The van der Waals surface area contributed by atoms with Crippen LogP contribution >= 0.6 is 0 Å². The minimum absolute atomic E-state index is 0.243. The summed E-state index contributed by atoms with van der Waals surface area (Å²) >= 11 is 0. The normalized spacial score (nSPS) is 24.7. The number of H-pyrrole nitrogens is 1. The Hall–Kier alpha value is -1.62. The smallest absolute Gasteiger partial charge is 0.142 e. The lowest BCUT2D eigenvalue weighted by atomic mass is 10.1. The first-order valence-corrected chi connectivity index (χ1v) is 6.46. The second-order valence-electron chi connectivity index (χ2n) is 4.82. The van der Waals surface area contributed by atoms with Crippen LogP contribution in [0.3, 0.4) is 0 Å². The summed E-state index contributed by atoms with van der Waals surface area (Å²) < 4.78 is 5.89. The van der Waals surface area contributed by atoms with Crippen LogP contribution in [0.4, 0.5) is 5.82 Å². The van der Waals surface area contributed by atoms with E-state index in [1.54, 1.807) is 6.33 Å². The fourth-order valence-electron chi connectivity index (χ4n) is 2.55. The number of nitrogens with one attached hydrogen (secondary N) is 1. The van der Waals surface area contributed by atoms with Crippen LogP contribution in [-0.4, -0.2) is 40.2 Å². The summed E-state index contributed by atoms with van der Waals surface area (Å²) in [6.07, 6.45) is 5.09. The molecule has 1 aliphatic heterocycles. The molecule has 0 bridgehead atoms. The molecule has 3 rings (SSSR count). The highest BCUT2D eigenvalue weighted by Crippen LogP contribution is 2.25. The van der Waals surface area contributed by atoms with Crippen molar-refractivity contribution < 1.29 is 4.74 Å². The zero-order chi connectivity index (χ0) is 12.5. The third-order valence-corrected chi connectivity index (χ3v) is 3.41. The molecule has 1 saturated heterocycles. The molecule has 2 atom stereocenters. The molecule has 0 aromatic carbocycles. The molecule has 0 amide bonds. The summed E-state index contributed by atoms with van der Waals surface area (Å²) in [5.41, 5.74) is 0.896. The van der Waals surface area contributed by atoms with Crippen molar-refractivity contribution in [1.29, 1.82) is 0 Å². The van der Waals surface area contributed by atoms with Crippen molar-refractivity contribution in [2.45, 2.75) is 32.5 Å². The lowest BCUT2D eigenvalue weighted by molar-refractivity contribution is -0.0173. The van der Waals surface area contributed by atoms with Gasteiger partial charge >= 0.3 is 0 Å². The predicted octanol–water partition coefficient (Wildman–Crippen LogP) is 1.96. The van der Waals surface area contributed by atoms with Crippen LogP contribution in [0.1, 0.15) is 20.3 Å². The van der Waals surface area contributed by atoms with E-state index in [0.717, 1.165) is 36.4 Å². The van der Waals surface area contributed by atoms with Crippen LogP contribution < -0.4 is 4.90 Å². The van der Waals surface area contributed by atoms with E-state index in [0.29, 0.717) is 0 Å². The summed E-state index contributed by atoms with van der Waals surface area (Å²) in [6.45, 7) is 6.06. The van der Waals surface area contributed by atoms with Crippen LogP contribution in [-0.2, 0) is 4.74 Å². The van der Waals surface area contributed by atoms with Crippen molar-refractivity contribution in [3.8, 4) is 0 Å². The Morgan fingerprint density at radius 1 is 1.44 bits per heavy atom. The van der Waals surface area contributed by atoms with Crippen molar-refractivity contribution in [2.75, 3.05) is 18.0 Å². The first-order chi connectivity index (χ1) is 8.78. The second kappa shape index (κ2) is 4.57. The van der Waals surface area contributed by atoms with E-state index in [2.05, 4.69) is 33.7 Å². The van der Waals surface area contributed by atoms with E-state index in [1.807, 2.05) is 12.3 Å². The molecular weight excluding hydrogens is 228 g/mol. The van der Waals surface area contributed by atoms with Crippen LogP contribution in [0.15, 0.2) is 18.6 Å². The van der Waals surface area contributed by atoms with Crippen molar-refractivity contribution in [1.82, 2.24) is 15.0 Å². The van der Waals surface area contributed by atoms with Crippen LogP contribution in [0.25, 0.3) is 11.0 Å². The number of aromatic amines is 1. The number of aromatic nitrogens is 3. The predicted molar refractivity (Wildman–Crippen MR) is 70.7 cm³/mol. The molecule has 3 heterocycles. The molecule has 0 saturated carbocycles. The Labute approximate surface area is 106 Å². The molecule has 0 spiro atoms. The molecule has 1 aliphatic rings. The molecule has 1 fully saturated rings. The summed E-state index contributed by atoms with van der Waals surface area (Å²) in [4.78, 5) is 14.1. The van der Waals surface area contributed by atoms with Gasteiger partial charge in [-0.2, -0.15) is 0 Å². The maximum Gasteiger partial charge on any atom is 0.142 e. The Balaban J connectivity index is 1.96. The van der Waals surface area contributed by atoms with Gasteiger partial charge in [0.25, 0.3) is 0 Å². The average Bonchev–Trinajstić information content (AvgIpc) is 2.85. The largest absolute Gasteiger partial charge is 0.372 e. The number of hydrogen-bond acceptors (Lipinski definition) is 4. The summed E-state index contributed by atoms with van der Waals surface area (Å²) in [5, 5.41) is 1.08. The van der Waals surface area contributed by atoms with Gasteiger partial charge in [-0.05, 0) is 19.4 Å². The molecule has 0 aliphatic carbocycles. The van der Waals surface area contributed by atoms with E-state index < -0.39 is 0 Å². The number of rotatable bonds is 2. The third-order valence-electron chi connectivity index (χ3n) is 3.41. The van der Waals surface area contributed by atoms with Crippen molar-refractivity contribution in [3.63, 3.8) is 0 Å². The minimum Gasteiger partial charge on any atom is -0.372 e. The van der Waals surface area contributed by atoms with E-state index >= 15 is 0 Å². The quantitative estimate of drug-likeness (QED) is 0.880. The Bertz CT molecular complexity index is 539. The molecule has 2 aromatic heterocycles. The Morgan fingerprint density at radius 2 is 2.33 bits per heavy atom. The van der Waals surface area contributed by atoms with E-state index in [4.69, 9.17) is 4.74 Å². The molecule has 96 valence electrons. The highest BCUT2D eigenvalue weighted by Gasteiger charge is 2.26. The number of nitrogens with zero attached hydrogens (tertiary/aromatic N) is 3. The molecular formula is C13H18N4O. The van der Waals surface area contributed by atoms with Gasteiger partial charge in [-0.1, -0.05) is 6.92 Å². The van der Waals surface area contributed by atoms with Crippen molar-refractivity contribution >= 4 is 16.9 Å².